The van der Waals surface area contributed by atoms with Gasteiger partial charge in [0.25, 0.3) is 0 Å². The van der Waals surface area contributed by atoms with Gasteiger partial charge in [0.05, 0.1) is 5.69 Å². The average Bonchev–Trinajstić information content (AvgIpc) is 2.53. The van der Waals surface area contributed by atoms with Crippen molar-refractivity contribution in [1.82, 2.24) is 9.97 Å². The molecular weight excluding hydrogens is 317 g/mol. The normalized spacial score (nSPS) is 15.4. The molecule has 25 heavy (non-hydrogen) atoms. The van der Waals surface area contributed by atoms with E-state index in [1.54, 1.807) is 6.07 Å². The van der Waals surface area contributed by atoms with Crippen molar-refractivity contribution in [2.45, 2.75) is 33.2 Å². The van der Waals surface area contributed by atoms with E-state index in [-0.39, 0.29) is 11.4 Å². The molecule has 0 radical (unpaired) electrons. The number of benzene rings is 1. The van der Waals surface area contributed by atoms with E-state index in [1.165, 1.54) is 6.07 Å². The molecule has 1 fully saturated rings. The van der Waals surface area contributed by atoms with Gasteiger partial charge in [-0.15, -0.1) is 0 Å². The van der Waals surface area contributed by atoms with Crippen LogP contribution >= 0.6 is 0 Å². The van der Waals surface area contributed by atoms with Gasteiger partial charge in [-0.3, -0.25) is 0 Å². The molecule has 3 rings (SSSR count). The van der Waals surface area contributed by atoms with E-state index in [2.05, 4.69) is 45.9 Å². The Morgan fingerprint density at radius 2 is 1.64 bits per heavy atom. The molecule has 0 saturated carbocycles. The molecule has 1 saturated heterocycles. The van der Waals surface area contributed by atoms with E-state index in [0.29, 0.717) is 11.6 Å². The van der Waals surface area contributed by atoms with E-state index in [9.17, 15) is 4.39 Å². The number of hydrogen-bond acceptors (Lipinski definition) is 5. The third-order valence-corrected chi connectivity index (χ3v) is 4.12. The fourth-order valence-corrected chi connectivity index (χ4v) is 2.99. The van der Waals surface area contributed by atoms with Gasteiger partial charge in [0, 0.05) is 43.5 Å². The number of hydrogen-bond donors (Lipinski definition) is 1. The number of nitrogens with zero attached hydrogens (tertiary/aromatic N) is 4. The summed E-state index contributed by atoms with van der Waals surface area (Å²) in [5.74, 6) is 1.41. The number of nitrogens with one attached hydrogen (secondary N) is 1. The van der Waals surface area contributed by atoms with Crippen molar-refractivity contribution in [3.05, 3.63) is 41.8 Å². The first kappa shape index (κ1) is 17.5. The second kappa shape index (κ2) is 6.86. The van der Waals surface area contributed by atoms with Crippen molar-refractivity contribution in [3.63, 3.8) is 0 Å². The Labute approximate surface area is 148 Å². The van der Waals surface area contributed by atoms with Gasteiger partial charge >= 0.3 is 0 Å². The Kier molecular flexibility index (Phi) is 4.79. The molecule has 0 aliphatic carbocycles. The Balaban J connectivity index is 1.72. The fourth-order valence-electron chi connectivity index (χ4n) is 2.99. The van der Waals surface area contributed by atoms with E-state index in [4.69, 9.17) is 0 Å². The van der Waals surface area contributed by atoms with Gasteiger partial charge in [-0.2, -0.15) is 4.98 Å². The van der Waals surface area contributed by atoms with Crippen molar-refractivity contribution in [2.75, 3.05) is 41.3 Å². The molecule has 6 heteroatoms. The van der Waals surface area contributed by atoms with Crippen molar-refractivity contribution in [2.24, 2.45) is 0 Å². The van der Waals surface area contributed by atoms with Crippen LogP contribution in [0.2, 0.25) is 0 Å². The van der Waals surface area contributed by atoms with Crippen LogP contribution < -0.4 is 15.1 Å². The van der Waals surface area contributed by atoms with E-state index < -0.39 is 0 Å². The topological polar surface area (TPSA) is 44.3 Å². The monoisotopic (exact) mass is 343 g/mol. The summed E-state index contributed by atoms with van der Waals surface area (Å²) in [5, 5.41) is 3.33. The molecule has 2 heterocycles. The SMILES string of the molecule is Cc1cc(N2CCN(c3ccccc3F)CC2)nc(NC(C)(C)C)n1. The number of piperazine rings is 1. The smallest absolute Gasteiger partial charge is 0.225 e. The molecule has 1 aromatic carbocycles. The summed E-state index contributed by atoms with van der Waals surface area (Å²) in [4.78, 5) is 13.5. The van der Waals surface area contributed by atoms with Crippen LogP contribution in [0, 0.1) is 12.7 Å². The molecule has 0 spiro atoms. The zero-order valence-corrected chi connectivity index (χ0v) is 15.4. The minimum atomic E-state index is -0.162. The Bertz CT molecular complexity index is 733. The molecule has 134 valence electrons. The van der Waals surface area contributed by atoms with Gasteiger partial charge in [0.15, 0.2) is 0 Å². The average molecular weight is 343 g/mol. The van der Waals surface area contributed by atoms with Crippen molar-refractivity contribution >= 4 is 17.5 Å². The molecule has 0 bridgehead atoms. The molecule has 5 nitrogen and oxygen atoms in total. The number of para-hydroxylation sites is 1. The van der Waals surface area contributed by atoms with Gasteiger partial charge in [0.1, 0.15) is 11.6 Å². The van der Waals surface area contributed by atoms with Crippen LogP contribution in [0.1, 0.15) is 26.5 Å². The minimum Gasteiger partial charge on any atom is -0.366 e. The van der Waals surface area contributed by atoms with E-state index in [0.717, 1.165) is 37.7 Å². The Morgan fingerprint density at radius 1 is 1.00 bits per heavy atom. The first-order valence-electron chi connectivity index (χ1n) is 8.70. The standard InChI is InChI=1S/C19H26FN5/c1-14-13-17(22-18(21-14)23-19(2,3)4)25-11-9-24(10-12-25)16-8-6-5-7-15(16)20/h5-8,13H,9-12H2,1-4H3,(H,21,22,23). The summed E-state index contributed by atoms with van der Waals surface area (Å²) in [6, 6.07) is 8.96. The van der Waals surface area contributed by atoms with Crippen molar-refractivity contribution < 1.29 is 4.39 Å². The molecule has 1 aliphatic rings. The highest BCUT2D eigenvalue weighted by Gasteiger charge is 2.21. The summed E-state index contributed by atoms with van der Waals surface area (Å²) in [7, 11) is 0. The summed E-state index contributed by atoms with van der Waals surface area (Å²) in [5.41, 5.74) is 1.53. The predicted octanol–water partition coefficient (Wildman–Crippen LogP) is 3.46. The number of halogens is 1. The quantitative estimate of drug-likeness (QED) is 0.925. The lowest BCUT2D eigenvalue weighted by Crippen LogP contribution is -2.47. The predicted molar refractivity (Wildman–Crippen MR) is 101 cm³/mol. The van der Waals surface area contributed by atoms with Crippen molar-refractivity contribution in [1.29, 1.82) is 0 Å². The van der Waals surface area contributed by atoms with Gasteiger partial charge in [-0.05, 0) is 39.8 Å². The maximum absolute atomic E-state index is 14.0. The molecule has 1 aromatic heterocycles. The van der Waals surface area contributed by atoms with Gasteiger partial charge in [-0.1, -0.05) is 12.1 Å². The van der Waals surface area contributed by atoms with Crippen LogP contribution in [0.3, 0.4) is 0 Å². The van der Waals surface area contributed by atoms with Crippen molar-refractivity contribution in [3.8, 4) is 0 Å². The first-order chi connectivity index (χ1) is 11.8. The second-order valence-electron chi connectivity index (χ2n) is 7.49. The number of aryl methyl sites for hydroxylation is 1. The molecule has 2 aromatic rings. The van der Waals surface area contributed by atoms with Gasteiger partial charge in [0.2, 0.25) is 5.95 Å². The Morgan fingerprint density at radius 3 is 2.28 bits per heavy atom. The maximum atomic E-state index is 14.0. The lowest BCUT2D eigenvalue weighted by molar-refractivity contribution is 0.595. The molecule has 0 atom stereocenters. The van der Waals surface area contributed by atoms with Crippen LogP contribution in [0.5, 0.6) is 0 Å². The first-order valence-corrected chi connectivity index (χ1v) is 8.70. The highest BCUT2D eigenvalue weighted by Crippen LogP contribution is 2.23. The second-order valence-corrected chi connectivity index (χ2v) is 7.49. The Hall–Kier alpha value is -2.37. The minimum absolute atomic E-state index is 0.0887. The third kappa shape index (κ3) is 4.38. The van der Waals surface area contributed by atoms with Gasteiger partial charge < -0.3 is 15.1 Å². The summed E-state index contributed by atoms with van der Waals surface area (Å²) in [6.45, 7) is 11.4. The van der Waals surface area contributed by atoms with Crippen LogP contribution in [0.4, 0.5) is 21.8 Å². The number of anilines is 3. The number of aromatic nitrogens is 2. The fraction of sp³-hybridized carbons (Fsp3) is 0.474. The van der Waals surface area contributed by atoms with E-state index in [1.807, 2.05) is 25.1 Å². The summed E-state index contributed by atoms with van der Waals surface area (Å²) < 4.78 is 14.0. The van der Waals surface area contributed by atoms with E-state index >= 15 is 0 Å². The van der Waals surface area contributed by atoms with Crippen LogP contribution in [-0.4, -0.2) is 41.7 Å². The molecule has 0 amide bonds. The molecule has 1 N–H and O–H groups in total. The zero-order valence-electron chi connectivity index (χ0n) is 15.4. The largest absolute Gasteiger partial charge is 0.366 e. The van der Waals surface area contributed by atoms with Gasteiger partial charge in [-0.25, -0.2) is 9.37 Å². The molecule has 1 aliphatic heterocycles. The zero-order chi connectivity index (χ0) is 18.0. The highest BCUT2D eigenvalue weighted by molar-refractivity contribution is 5.51. The van der Waals surface area contributed by atoms with Crippen LogP contribution in [-0.2, 0) is 0 Å². The summed E-state index contributed by atoms with van der Waals surface area (Å²) in [6.07, 6.45) is 0. The summed E-state index contributed by atoms with van der Waals surface area (Å²) >= 11 is 0. The third-order valence-electron chi connectivity index (χ3n) is 4.12. The lowest BCUT2D eigenvalue weighted by Gasteiger charge is -2.37. The number of rotatable bonds is 3. The molecular formula is C19H26FN5. The van der Waals surface area contributed by atoms with Crippen LogP contribution in [0.25, 0.3) is 0 Å². The lowest BCUT2D eigenvalue weighted by atomic mass is 10.1. The highest BCUT2D eigenvalue weighted by atomic mass is 19.1. The maximum Gasteiger partial charge on any atom is 0.225 e. The van der Waals surface area contributed by atoms with Crippen LogP contribution in [0.15, 0.2) is 30.3 Å². The molecule has 0 unspecified atom stereocenters.